The lowest BCUT2D eigenvalue weighted by atomic mass is 10.0. The van der Waals surface area contributed by atoms with Gasteiger partial charge in [0.2, 0.25) is 41.4 Å². The number of hydrogen-bond acceptors (Lipinski definition) is 15. The highest BCUT2D eigenvalue weighted by molar-refractivity contribution is 8.76. The number of carboxylic acid groups (broad SMARTS) is 1. The van der Waals surface area contributed by atoms with Gasteiger partial charge in [0.05, 0.1) is 30.9 Å². The first-order valence-corrected chi connectivity index (χ1v) is 26.9. The second-order valence-corrected chi connectivity index (χ2v) is 20.5. The van der Waals surface area contributed by atoms with Crippen molar-refractivity contribution in [2.24, 2.45) is 11.5 Å². The number of nitrogens with one attached hydrogen (secondary N) is 8. The number of unbranched alkanes of at least 4 members (excludes halogenated alkanes) is 1. The first-order chi connectivity index (χ1) is 35.8. The van der Waals surface area contributed by atoms with Crippen molar-refractivity contribution in [1.29, 1.82) is 0 Å². The van der Waals surface area contributed by atoms with Crippen molar-refractivity contribution >= 4 is 79.8 Å². The highest BCUT2D eigenvalue weighted by atomic mass is 33.1. The molecule has 22 nitrogen and oxygen atoms in total. The van der Waals surface area contributed by atoms with Crippen LogP contribution in [0, 0.1) is 0 Å². The highest BCUT2D eigenvalue weighted by Gasteiger charge is 2.36. The van der Waals surface area contributed by atoms with E-state index in [-0.39, 0.29) is 43.7 Å². The first-order valence-electron chi connectivity index (χ1n) is 24.4. The minimum absolute atomic E-state index is 0.0340. The summed E-state index contributed by atoms with van der Waals surface area (Å²) in [6, 6.07) is 14.6. The average molecular weight is 1080 g/mol. The standard InChI is InChI=1S/C49H66N10O10S2.C2H4O2/c1-28(61)39(25-60)56-48(68)41-27-71-70-26-40(57-43(63)34(51)21-30-13-5-3-6-14-30)47(67)54-37(22-31-15-7-4-8-16-31)45(65)55-38(23-32-24-52-35-18-10-9-17-33(32)35)46(66)53-36(19-11-12-20-50)44(64)59-42(29(2)62)49(69)58-41;1-2(3)4/h3-10,13-18,24,28-29,34,36-42,52,60-62H,11-12,19-23,25-27,50-51H2,1-2H3,(H,53,66)(H,54,67)(H,55,65)(H,56,68)(H,57,63)(H,58,69)(H,59,64);1H3,(H,3,4)/t28-,29?,34-,36+,37+,38-,39-,40+,41+,42-;/m1./s1. The summed E-state index contributed by atoms with van der Waals surface area (Å²) in [7, 11) is 2.06. The van der Waals surface area contributed by atoms with Gasteiger partial charge in [0, 0.05) is 48.4 Å². The fraction of sp³-hybridized carbons (Fsp3) is 0.451. The van der Waals surface area contributed by atoms with Crippen molar-refractivity contribution in [3.8, 4) is 0 Å². The molecule has 0 bridgehead atoms. The van der Waals surface area contributed by atoms with Crippen molar-refractivity contribution in [2.75, 3.05) is 24.7 Å². The number of carbonyl (C=O) groups excluding carboxylic acids is 7. The predicted molar refractivity (Wildman–Crippen MR) is 285 cm³/mol. The molecule has 1 fully saturated rings. The molecule has 2 heterocycles. The van der Waals surface area contributed by atoms with Gasteiger partial charge in [-0.05, 0) is 68.8 Å². The molecule has 0 spiro atoms. The number of aliphatic hydroxyl groups excluding tert-OH is 3. The summed E-state index contributed by atoms with van der Waals surface area (Å²) >= 11 is 0. The van der Waals surface area contributed by atoms with Crippen LogP contribution in [0.3, 0.4) is 0 Å². The molecular weight excluding hydrogens is 1010 g/mol. The number of carbonyl (C=O) groups is 8. The van der Waals surface area contributed by atoms with E-state index in [1.54, 1.807) is 60.8 Å². The molecule has 0 saturated carbocycles. The van der Waals surface area contributed by atoms with Gasteiger partial charge >= 0.3 is 0 Å². The molecule has 16 N–H and O–H groups in total. The van der Waals surface area contributed by atoms with Crippen LogP contribution in [-0.4, -0.2) is 158 Å². The lowest BCUT2D eigenvalue weighted by molar-refractivity contribution is -0.136. The van der Waals surface area contributed by atoms with Gasteiger partial charge in [-0.3, -0.25) is 38.4 Å². The molecule has 75 heavy (non-hydrogen) atoms. The number of hydrogen-bond donors (Lipinski definition) is 14. The first kappa shape index (κ1) is 61.0. The van der Waals surface area contributed by atoms with E-state index in [0.717, 1.165) is 45.0 Å². The van der Waals surface area contributed by atoms with Crippen LogP contribution in [-0.2, 0) is 57.6 Å². The van der Waals surface area contributed by atoms with Crippen molar-refractivity contribution < 1.29 is 58.8 Å². The number of aromatic amines is 1. The molecular formula is C51H70N10O12S2. The van der Waals surface area contributed by atoms with E-state index in [1.807, 2.05) is 30.3 Å². The van der Waals surface area contributed by atoms with Crippen LogP contribution >= 0.6 is 21.6 Å². The summed E-state index contributed by atoms with van der Waals surface area (Å²) in [6.45, 7) is 3.31. The summed E-state index contributed by atoms with van der Waals surface area (Å²) in [5.41, 5.74) is 15.0. The Kier molecular flexibility index (Phi) is 25.5. The molecule has 408 valence electrons. The van der Waals surface area contributed by atoms with E-state index >= 15 is 0 Å². The zero-order valence-electron chi connectivity index (χ0n) is 42.0. The fourth-order valence-electron chi connectivity index (χ4n) is 7.73. The van der Waals surface area contributed by atoms with Crippen molar-refractivity contribution in [1.82, 2.24) is 42.2 Å². The van der Waals surface area contributed by atoms with Crippen molar-refractivity contribution in [3.63, 3.8) is 0 Å². The Hall–Kier alpha value is -6.54. The largest absolute Gasteiger partial charge is 0.481 e. The zero-order chi connectivity index (χ0) is 55.0. The molecule has 10 atom stereocenters. The Morgan fingerprint density at radius 1 is 0.720 bits per heavy atom. The summed E-state index contributed by atoms with van der Waals surface area (Å²) in [4.78, 5) is 112. The maximum atomic E-state index is 14.7. The molecule has 1 aromatic heterocycles. The molecule has 3 aromatic carbocycles. The Bertz CT molecular complexity index is 2500. The number of rotatable bonds is 17. The number of carboxylic acids is 1. The van der Waals surface area contributed by atoms with Gasteiger partial charge in [0.25, 0.3) is 5.97 Å². The maximum absolute atomic E-state index is 14.7. The second-order valence-electron chi connectivity index (χ2n) is 18.0. The smallest absolute Gasteiger partial charge is 0.300 e. The number of benzene rings is 3. The average Bonchev–Trinajstić information content (AvgIpc) is 3.78. The third-order valence-electron chi connectivity index (χ3n) is 11.9. The molecule has 5 rings (SSSR count). The van der Waals surface area contributed by atoms with E-state index < -0.39 is 114 Å². The molecule has 0 radical (unpaired) electrons. The molecule has 1 aliphatic heterocycles. The minimum Gasteiger partial charge on any atom is -0.481 e. The van der Waals surface area contributed by atoms with Crippen LogP contribution in [0.4, 0.5) is 0 Å². The van der Waals surface area contributed by atoms with Crippen LogP contribution in [0.25, 0.3) is 10.9 Å². The van der Waals surface area contributed by atoms with Crippen LogP contribution < -0.4 is 48.7 Å². The summed E-state index contributed by atoms with van der Waals surface area (Å²) < 4.78 is 0. The lowest BCUT2D eigenvalue weighted by Crippen LogP contribution is -2.62. The van der Waals surface area contributed by atoms with Crippen molar-refractivity contribution in [2.45, 2.75) is 120 Å². The van der Waals surface area contributed by atoms with E-state index in [0.29, 0.717) is 24.0 Å². The van der Waals surface area contributed by atoms with Crippen LogP contribution in [0.2, 0.25) is 0 Å². The minimum atomic E-state index is -1.66. The second kappa shape index (κ2) is 31.4. The lowest BCUT2D eigenvalue weighted by Gasteiger charge is -2.29. The third kappa shape index (κ3) is 20.3. The van der Waals surface area contributed by atoms with E-state index in [4.69, 9.17) is 21.4 Å². The summed E-state index contributed by atoms with van der Waals surface area (Å²) in [5, 5.41) is 57.9. The van der Waals surface area contributed by atoms with Crippen molar-refractivity contribution in [3.05, 3.63) is 108 Å². The number of H-pyrrole nitrogens is 1. The number of aromatic nitrogens is 1. The number of aliphatic carboxylic acids is 1. The quantitative estimate of drug-likeness (QED) is 0.0459. The van der Waals surface area contributed by atoms with Gasteiger partial charge in [0.15, 0.2) is 0 Å². The van der Waals surface area contributed by atoms with Crippen LogP contribution in [0.15, 0.2) is 91.1 Å². The van der Waals surface area contributed by atoms with Gasteiger partial charge < -0.3 is 74.1 Å². The predicted octanol–water partition coefficient (Wildman–Crippen LogP) is -0.714. The molecule has 1 aliphatic rings. The molecule has 1 saturated heterocycles. The van der Waals surface area contributed by atoms with Crippen LogP contribution in [0.1, 0.15) is 56.7 Å². The topological polar surface area (TPSA) is 370 Å². The maximum Gasteiger partial charge on any atom is 0.300 e. The number of nitrogens with two attached hydrogens (primary N) is 2. The Morgan fingerprint density at radius 2 is 1.28 bits per heavy atom. The molecule has 7 amide bonds. The van der Waals surface area contributed by atoms with Crippen LogP contribution in [0.5, 0.6) is 0 Å². The summed E-state index contributed by atoms with van der Waals surface area (Å²) in [5.74, 6) is -6.84. The molecule has 4 aromatic rings. The number of aliphatic hydroxyl groups is 3. The SMILES string of the molecule is CC(=O)O.CC(O)[C@H]1NC(=O)[C@H](CCCCN)NC(=O)[C@@H](Cc2c[nH]c3ccccc23)NC(=O)[C@H](Cc2ccccc2)NC(=O)[C@@H](NC(=O)[C@H](N)Cc2ccccc2)CSSC[C@@H](C(=O)N[C@H](CO)[C@@H](C)O)NC1=O. The van der Waals surface area contributed by atoms with Gasteiger partial charge in [0.1, 0.15) is 36.3 Å². The van der Waals surface area contributed by atoms with E-state index in [9.17, 15) is 48.9 Å². The number of amides is 7. The monoisotopic (exact) mass is 1080 g/mol. The zero-order valence-corrected chi connectivity index (χ0v) is 43.7. The summed E-state index contributed by atoms with van der Waals surface area (Å²) in [6.07, 6.45) is -0.156. The fourth-order valence-corrected chi connectivity index (χ4v) is 10.1. The van der Waals surface area contributed by atoms with E-state index in [2.05, 4.69) is 42.2 Å². The highest BCUT2D eigenvalue weighted by Crippen LogP contribution is 2.24. The van der Waals surface area contributed by atoms with E-state index in [1.165, 1.54) is 13.8 Å². The Labute approximate surface area is 442 Å². The van der Waals surface area contributed by atoms with Gasteiger partial charge in [-0.1, -0.05) is 100 Å². The van der Waals surface area contributed by atoms with Gasteiger partial charge in [-0.2, -0.15) is 0 Å². The number of fused-ring (bicyclic) bond motifs is 1. The normalized spacial score (nSPS) is 21.9. The molecule has 1 unspecified atom stereocenters. The Morgan fingerprint density at radius 3 is 1.89 bits per heavy atom. The third-order valence-corrected chi connectivity index (χ3v) is 14.3. The van der Waals surface area contributed by atoms with Gasteiger partial charge in [-0.25, -0.2) is 0 Å². The van der Waals surface area contributed by atoms with Gasteiger partial charge in [-0.15, -0.1) is 0 Å². The number of para-hydroxylation sites is 1. The Balaban J connectivity index is 0.00000293. The molecule has 0 aliphatic carbocycles. The molecule has 24 heteroatoms.